The molecule has 5 rings (SSSR count). The number of aromatic nitrogens is 2. The molecule has 3 atom stereocenters. The van der Waals surface area contributed by atoms with Crippen molar-refractivity contribution in [1.29, 1.82) is 0 Å². The van der Waals surface area contributed by atoms with E-state index in [1.807, 2.05) is 25.2 Å². The number of cyclic esters (lactones) is 1. The van der Waals surface area contributed by atoms with Crippen LogP contribution in [0.25, 0.3) is 22.3 Å². The minimum absolute atomic E-state index is 0.0840. The van der Waals surface area contributed by atoms with Crippen molar-refractivity contribution >= 4 is 49.1 Å². The zero-order valence-electron chi connectivity index (χ0n) is 37.1. The Morgan fingerprint density at radius 1 is 1.06 bits per heavy atom. The molecule has 7 N–H and O–H groups in total. The highest BCUT2D eigenvalue weighted by Gasteiger charge is 2.51. The first kappa shape index (κ1) is 47.9. The summed E-state index contributed by atoms with van der Waals surface area (Å²) in [7, 11) is -2.48. The molecule has 17 nitrogen and oxygen atoms in total. The fraction of sp³-hybridized carbons (Fsp3) is 0.568. The van der Waals surface area contributed by atoms with Gasteiger partial charge in [-0.3, -0.25) is 19.2 Å². The molecule has 62 heavy (non-hydrogen) atoms. The second-order valence-corrected chi connectivity index (χ2v) is 22.2. The topological polar surface area (TPSA) is 253 Å². The van der Waals surface area contributed by atoms with Gasteiger partial charge in [-0.15, -0.1) is 0 Å². The van der Waals surface area contributed by atoms with Gasteiger partial charge in [0.15, 0.2) is 8.32 Å². The van der Waals surface area contributed by atoms with Crippen molar-refractivity contribution in [1.82, 2.24) is 20.2 Å². The van der Waals surface area contributed by atoms with Crippen molar-refractivity contribution in [2.75, 3.05) is 26.4 Å². The van der Waals surface area contributed by atoms with Gasteiger partial charge >= 0.3 is 12.1 Å². The summed E-state index contributed by atoms with van der Waals surface area (Å²) in [6.07, 6.45) is 1.44. The van der Waals surface area contributed by atoms with Gasteiger partial charge in [0.05, 0.1) is 35.1 Å². The maximum atomic E-state index is 14.3. The van der Waals surface area contributed by atoms with Crippen LogP contribution in [0.2, 0.25) is 18.1 Å². The van der Waals surface area contributed by atoms with Crippen LogP contribution in [-0.4, -0.2) is 91.0 Å². The van der Waals surface area contributed by atoms with Crippen LogP contribution in [0.1, 0.15) is 95.0 Å². The van der Waals surface area contributed by atoms with Crippen molar-refractivity contribution < 1.29 is 47.7 Å². The molecule has 2 aliphatic heterocycles. The predicted octanol–water partition coefficient (Wildman–Crippen LogP) is 3.58. The third-order valence-electron chi connectivity index (χ3n) is 12.3. The number of hydrogen-bond acceptors (Lipinski definition) is 13. The fourth-order valence-electron chi connectivity index (χ4n) is 7.86. The Hall–Kier alpha value is -5.17. The number of carbonyl (C=O) groups is 5. The van der Waals surface area contributed by atoms with Crippen LogP contribution >= 0.6 is 0 Å². The summed E-state index contributed by atoms with van der Waals surface area (Å²) in [5.74, 6) is -3.05. The van der Waals surface area contributed by atoms with Gasteiger partial charge in [-0.2, -0.15) is 0 Å². The minimum atomic E-state index is -2.48. The lowest BCUT2D eigenvalue weighted by Gasteiger charge is -2.35. The van der Waals surface area contributed by atoms with Crippen LogP contribution in [0.3, 0.4) is 0 Å². The average molecular weight is 879 g/mol. The van der Waals surface area contributed by atoms with E-state index >= 15 is 0 Å². The number of nitrogens with two attached hydrogens (primary N) is 2. The van der Waals surface area contributed by atoms with Gasteiger partial charge in [-0.05, 0) is 98.4 Å². The van der Waals surface area contributed by atoms with Gasteiger partial charge in [0.1, 0.15) is 32.5 Å². The second-order valence-electron chi connectivity index (χ2n) is 17.7. The van der Waals surface area contributed by atoms with E-state index in [0.717, 1.165) is 27.6 Å². The molecule has 4 heterocycles. The van der Waals surface area contributed by atoms with Crippen molar-refractivity contribution in [3.05, 3.63) is 62.4 Å². The molecule has 0 bridgehead atoms. The molecule has 1 aromatic carbocycles. The van der Waals surface area contributed by atoms with E-state index < -0.39 is 74.6 Å². The Bertz CT molecular complexity index is 2270. The Kier molecular flexibility index (Phi) is 15.0. The summed E-state index contributed by atoms with van der Waals surface area (Å²) in [5.41, 5.74) is 13.5. The summed E-state index contributed by atoms with van der Waals surface area (Å²) in [5, 5.41) is 6.14. The third-order valence-corrected chi connectivity index (χ3v) is 15.8. The van der Waals surface area contributed by atoms with Crippen molar-refractivity contribution in [2.45, 2.75) is 129 Å². The summed E-state index contributed by atoms with van der Waals surface area (Å²) in [6.45, 7) is 14.4. The van der Waals surface area contributed by atoms with E-state index in [9.17, 15) is 33.6 Å². The standard InChI is InChI=1S/C44H62N6O11Si/c1-9-27-28-17-26(19-43(5,6)62(7,8)57)14-15-32(28)48-38-29(27)20-50-35(38)18-31-30(40(50)54)21-59-41(55)44(31,10-2)61-42(56)60-22-34(25(3)4)49-39(53)33(13-11-12-16-45)47-37(52)24-58-23-36(46)51/h14-15,17-18,25,33-34,57H,9-13,16,19-24,45H2,1-8H3,(H2,46,51)(H,47,52)(H,49,53). The first-order valence-electron chi connectivity index (χ1n) is 21.3. The van der Waals surface area contributed by atoms with Crippen LogP contribution < -0.4 is 27.7 Å². The highest BCUT2D eigenvalue weighted by Crippen LogP contribution is 2.43. The van der Waals surface area contributed by atoms with Crippen molar-refractivity contribution in [2.24, 2.45) is 17.4 Å². The Balaban J connectivity index is 1.39. The molecule has 2 aromatic heterocycles. The molecule has 2 aliphatic rings. The minimum Gasteiger partial charge on any atom is -0.457 e. The number of amides is 3. The summed E-state index contributed by atoms with van der Waals surface area (Å²) in [6, 6.07) is 6.08. The molecule has 0 saturated carbocycles. The summed E-state index contributed by atoms with van der Waals surface area (Å²) < 4.78 is 23.5. The van der Waals surface area contributed by atoms with Crippen LogP contribution in [0.5, 0.6) is 0 Å². The number of primary amides is 1. The highest BCUT2D eigenvalue weighted by molar-refractivity contribution is 6.72. The van der Waals surface area contributed by atoms with E-state index in [4.69, 9.17) is 35.4 Å². The van der Waals surface area contributed by atoms with Gasteiger partial charge < -0.3 is 50.4 Å². The molecule has 3 unspecified atom stereocenters. The first-order valence-corrected chi connectivity index (χ1v) is 24.3. The summed E-state index contributed by atoms with van der Waals surface area (Å²) >= 11 is 0. The van der Waals surface area contributed by atoms with E-state index in [1.165, 1.54) is 0 Å². The first-order chi connectivity index (χ1) is 29.2. The van der Waals surface area contributed by atoms with Gasteiger partial charge in [-0.25, -0.2) is 14.6 Å². The maximum absolute atomic E-state index is 14.3. The zero-order valence-corrected chi connectivity index (χ0v) is 38.1. The number of esters is 1. The largest absolute Gasteiger partial charge is 0.509 e. The number of carbonyl (C=O) groups excluding carboxylic acids is 5. The Labute approximate surface area is 362 Å². The summed E-state index contributed by atoms with van der Waals surface area (Å²) in [4.78, 5) is 94.6. The number of unbranched alkanes of at least 4 members (excludes halogenated alkanes) is 1. The number of hydrogen-bond donors (Lipinski definition) is 5. The lowest BCUT2D eigenvalue weighted by Crippen LogP contribution is -2.53. The lowest BCUT2D eigenvalue weighted by molar-refractivity contribution is -0.175. The van der Waals surface area contributed by atoms with Crippen molar-refractivity contribution in [3.63, 3.8) is 0 Å². The van der Waals surface area contributed by atoms with Gasteiger partial charge in [0.25, 0.3) is 5.56 Å². The quantitative estimate of drug-likeness (QED) is 0.0484. The third kappa shape index (κ3) is 10.2. The van der Waals surface area contributed by atoms with Gasteiger partial charge in [0.2, 0.25) is 23.3 Å². The number of nitrogens with zero attached hydrogens (tertiary/aromatic N) is 2. The van der Waals surface area contributed by atoms with Crippen molar-refractivity contribution in [3.8, 4) is 11.4 Å². The molecule has 3 amide bonds. The normalized spacial score (nSPS) is 16.8. The number of pyridine rings is 2. The Morgan fingerprint density at radius 2 is 1.79 bits per heavy atom. The molecular weight excluding hydrogens is 817 g/mol. The molecule has 0 fully saturated rings. The number of aryl methyl sites for hydroxylation is 1. The van der Waals surface area contributed by atoms with E-state index in [1.54, 1.807) is 31.4 Å². The zero-order chi connectivity index (χ0) is 45.7. The lowest BCUT2D eigenvalue weighted by atomic mass is 9.85. The van der Waals surface area contributed by atoms with Crippen LogP contribution in [0, 0.1) is 5.92 Å². The van der Waals surface area contributed by atoms with Gasteiger partial charge in [-0.1, -0.05) is 47.6 Å². The van der Waals surface area contributed by atoms with Gasteiger partial charge in [0, 0.05) is 16.5 Å². The molecule has 0 aliphatic carbocycles. The SMILES string of the molecule is CCc1c2c(nc3ccc(CC(C)(C)[Si](C)(C)O)cc13)-c1cc3c(c(=O)n1C2)COC(=O)C3(CC)OC(=O)OCC(NC(=O)C(CCCCN)NC(=O)COCC(N)=O)C(C)C. The smallest absolute Gasteiger partial charge is 0.457 e. The molecule has 18 heteroatoms. The molecule has 3 aromatic rings. The monoisotopic (exact) mass is 878 g/mol. The number of fused-ring (bicyclic) bond motifs is 5. The number of ether oxygens (including phenoxy) is 4. The molecular formula is C44H62N6O11Si. The molecule has 0 radical (unpaired) electrons. The molecule has 0 spiro atoms. The van der Waals surface area contributed by atoms with Crippen LogP contribution in [-0.2, 0) is 69.7 Å². The van der Waals surface area contributed by atoms with E-state index in [2.05, 4.69) is 37.5 Å². The second kappa shape index (κ2) is 19.5. The average Bonchev–Trinajstić information content (AvgIpc) is 3.56. The van der Waals surface area contributed by atoms with E-state index in [-0.39, 0.29) is 54.7 Å². The molecule has 0 saturated heterocycles. The van der Waals surface area contributed by atoms with Crippen LogP contribution in [0.4, 0.5) is 4.79 Å². The maximum Gasteiger partial charge on any atom is 0.509 e. The fourth-order valence-corrected chi connectivity index (χ4v) is 8.50. The number of rotatable bonds is 20. The molecule has 338 valence electrons. The van der Waals surface area contributed by atoms with Crippen LogP contribution in [0.15, 0.2) is 29.1 Å². The number of nitrogens with one attached hydrogen (secondary N) is 2. The Morgan fingerprint density at radius 3 is 2.42 bits per heavy atom. The predicted molar refractivity (Wildman–Crippen MR) is 233 cm³/mol. The highest BCUT2D eigenvalue weighted by atomic mass is 28.4. The number of benzene rings is 1. The van der Waals surface area contributed by atoms with E-state index in [0.29, 0.717) is 43.6 Å².